The van der Waals surface area contributed by atoms with E-state index in [1.165, 1.54) is 6.07 Å². The van der Waals surface area contributed by atoms with Crippen molar-refractivity contribution in [1.82, 2.24) is 0 Å². The fourth-order valence-corrected chi connectivity index (χ4v) is 3.44. The Balaban J connectivity index is 1.97. The Morgan fingerprint density at radius 2 is 1.71 bits per heavy atom. The summed E-state index contributed by atoms with van der Waals surface area (Å²) in [6, 6.07) is 4.74. The number of carbonyl (C=O) groups excluding carboxylic acids is 1. The molecule has 0 atom stereocenters. The van der Waals surface area contributed by atoms with Gasteiger partial charge in [-0.15, -0.1) is 0 Å². The number of carbonyl (C=O) groups is 1. The van der Waals surface area contributed by atoms with Crippen molar-refractivity contribution < 1.29 is 24.1 Å². The highest BCUT2D eigenvalue weighted by Crippen LogP contribution is 2.43. The highest BCUT2D eigenvalue weighted by atomic mass is 35.5. The first kappa shape index (κ1) is 17.5. The van der Waals surface area contributed by atoms with Gasteiger partial charge in [-0.3, -0.25) is 0 Å². The predicted molar refractivity (Wildman–Crippen MR) is 90.3 cm³/mol. The third-order valence-corrected chi connectivity index (χ3v) is 4.79. The van der Waals surface area contributed by atoms with Crippen LogP contribution in [0.3, 0.4) is 0 Å². The topological polar surface area (TPSA) is 65.0 Å². The molecule has 1 saturated heterocycles. The van der Waals surface area contributed by atoms with E-state index >= 15 is 0 Å². The fraction of sp³-hybridized carbons (Fsp3) is 0.471. The molecule has 2 aliphatic rings. The zero-order chi connectivity index (χ0) is 17.2. The number of hydrogen-bond acceptors (Lipinski definition) is 5. The van der Waals surface area contributed by atoms with Gasteiger partial charge < -0.3 is 19.3 Å². The molecule has 0 aliphatic carbocycles. The van der Waals surface area contributed by atoms with Gasteiger partial charge in [0.15, 0.2) is 11.4 Å². The minimum Gasteiger partial charge on any atom is -0.507 e. The van der Waals surface area contributed by atoms with Crippen LogP contribution in [0.25, 0.3) is 5.57 Å². The second kappa shape index (κ2) is 7.31. The van der Waals surface area contributed by atoms with Gasteiger partial charge in [-0.05, 0) is 18.6 Å². The van der Waals surface area contributed by atoms with Gasteiger partial charge in [0, 0.05) is 36.6 Å². The lowest BCUT2D eigenvalue weighted by Gasteiger charge is -2.28. The van der Waals surface area contributed by atoms with Crippen molar-refractivity contribution in [3.8, 4) is 0 Å². The number of ether oxygens (including phenoxy) is 3. The molecule has 1 spiro atoms. The van der Waals surface area contributed by atoms with Gasteiger partial charge in [0.1, 0.15) is 5.57 Å². The number of rotatable bonds is 1. The Morgan fingerprint density at radius 1 is 1.04 bits per heavy atom. The van der Waals surface area contributed by atoms with E-state index in [0.717, 1.165) is 6.42 Å². The molecule has 1 aromatic carbocycles. The summed E-state index contributed by atoms with van der Waals surface area (Å²) >= 11 is 12.1. The summed E-state index contributed by atoms with van der Waals surface area (Å²) in [5.41, 5.74) is -0.652. The van der Waals surface area contributed by atoms with E-state index in [1.54, 1.807) is 12.1 Å². The average molecular weight is 373 g/mol. The van der Waals surface area contributed by atoms with Crippen molar-refractivity contribution in [2.45, 2.75) is 24.9 Å². The first-order valence-corrected chi connectivity index (χ1v) is 8.57. The second-order valence-corrected chi connectivity index (χ2v) is 6.65. The SMILES string of the molecule is O=C1OC2(CCOCCCOCC2)C(O)=C1c1ccc(Cl)cc1Cl. The Labute approximate surface area is 150 Å². The lowest BCUT2D eigenvalue weighted by Crippen LogP contribution is -2.36. The van der Waals surface area contributed by atoms with E-state index in [1.807, 2.05) is 0 Å². The summed E-state index contributed by atoms with van der Waals surface area (Å²) in [6.07, 6.45) is 1.55. The van der Waals surface area contributed by atoms with Crippen LogP contribution in [0.4, 0.5) is 0 Å². The zero-order valence-corrected chi connectivity index (χ0v) is 14.5. The van der Waals surface area contributed by atoms with E-state index in [9.17, 15) is 9.90 Å². The van der Waals surface area contributed by atoms with E-state index in [4.69, 9.17) is 37.4 Å². The second-order valence-electron chi connectivity index (χ2n) is 5.81. The van der Waals surface area contributed by atoms with Crippen LogP contribution in [0.1, 0.15) is 24.8 Å². The van der Waals surface area contributed by atoms with Crippen LogP contribution >= 0.6 is 23.2 Å². The summed E-state index contributed by atoms with van der Waals surface area (Å²) in [4.78, 5) is 12.4. The van der Waals surface area contributed by atoms with E-state index in [2.05, 4.69) is 0 Å². The van der Waals surface area contributed by atoms with Crippen LogP contribution in [-0.2, 0) is 19.0 Å². The minimum absolute atomic E-state index is 0.0775. The molecule has 1 aromatic rings. The quantitative estimate of drug-likeness (QED) is 0.759. The molecule has 7 heteroatoms. The van der Waals surface area contributed by atoms with Crippen LogP contribution in [0, 0.1) is 0 Å². The van der Waals surface area contributed by atoms with Crippen molar-refractivity contribution in [1.29, 1.82) is 0 Å². The van der Waals surface area contributed by atoms with Crippen molar-refractivity contribution >= 4 is 34.7 Å². The summed E-state index contributed by atoms with van der Waals surface area (Å²) in [5.74, 6) is -0.724. The number of halogens is 2. The Kier molecular flexibility index (Phi) is 5.35. The normalized spacial score (nSPS) is 21.8. The van der Waals surface area contributed by atoms with Gasteiger partial charge >= 0.3 is 5.97 Å². The third-order valence-electron chi connectivity index (χ3n) is 4.24. The molecule has 3 rings (SSSR count). The van der Waals surface area contributed by atoms with E-state index in [0.29, 0.717) is 49.9 Å². The number of aliphatic hydroxyl groups is 1. The zero-order valence-electron chi connectivity index (χ0n) is 13.0. The molecule has 0 radical (unpaired) electrons. The lowest BCUT2D eigenvalue weighted by atomic mass is 9.91. The van der Waals surface area contributed by atoms with Crippen molar-refractivity contribution in [2.24, 2.45) is 0 Å². The van der Waals surface area contributed by atoms with Crippen molar-refractivity contribution in [2.75, 3.05) is 26.4 Å². The van der Waals surface area contributed by atoms with Gasteiger partial charge in [-0.1, -0.05) is 29.3 Å². The number of esters is 1. The van der Waals surface area contributed by atoms with Crippen LogP contribution in [-0.4, -0.2) is 43.1 Å². The van der Waals surface area contributed by atoms with Crippen molar-refractivity contribution in [3.63, 3.8) is 0 Å². The molecule has 2 aliphatic heterocycles. The molecule has 130 valence electrons. The van der Waals surface area contributed by atoms with Gasteiger partial charge in [0.05, 0.1) is 18.2 Å². The molecule has 0 bridgehead atoms. The molecule has 0 unspecified atom stereocenters. The summed E-state index contributed by atoms with van der Waals surface area (Å²) < 4.78 is 16.6. The number of aliphatic hydroxyl groups excluding tert-OH is 1. The smallest absolute Gasteiger partial charge is 0.343 e. The molecule has 0 amide bonds. The molecule has 1 N–H and O–H groups in total. The van der Waals surface area contributed by atoms with E-state index < -0.39 is 11.6 Å². The first-order chi connectivity index (χ1) is 11.5. The van der Waals surface area contributed by atoms with Gasteiger partial charge in [-0.2, -0.15) is 0 Å². The van der Waals surface area contributed by atoms with Crippen LogP contribution in [0.5, 0.6) is 0 Å². The first-order valence-electron chi connectivity index (χ1n) is 7.81. The van der Waals surface area contributed by atoms with Crippen molar-refractivity contribution in [3.05, 3.63) is 39.6 Å². The highest BCUT2D eigenvalue weighted by Gasteiger charge is 2.48. The number of benzene rings is 1. The molecule has 1 fully saturated rings. The maximum Gasteiger partial charge on any atom is 0.343 e. The Bertz CT molecular complexity index is 661. The Morgan fingerprint density at radius 3 is 2.33 bits per heavy atom. The average Bonchev–Trinajstić information content (AvgIpc) is 2.78. The monoisotopic (exact) mass is 372 g/mol. The largest absolute Gasteiger partial charge is 0.507 e. The van der Waals surface area contributed by atoms with Gasteiger partial charge in [-0.25, -0.2) is 4.79 Å². The Hall–Kier alpha value is -1.27. The van der Waals surface area contributed by atoms with Gasteiger partial charge in [0.2, 0.25) is 0 Å². The summed E-state index contributed by atoms with van der Waals surface area (Å²) in [7, 11) is 0. The molecule has 2 heterocycles. The van der Waals surface area contributed by atoms with Crippen LogP contribution in [0.15, 0.2) is 24.0 Å². The van der Waals surface area contributed by atoms with Crippen LogP contribution < -0.4 is 0 Å². The van der Waals surface area contributed by atoms with E-state index in [-0.39, 0.29) is 16.4 Å². The lowest BCUT2D eigenvalue weighted by molar-refractivity contribution is -0.151. The molecular formula is C17H18Cl2O5. The maximum atomic E-state index is 12.4. The summed E-state index contributed by atoms with van der Waals surface area (Å²) in [5, 5.41) is 11.5. The molecule has 0 saturated carbocycles. The molecular weight excluding hydrogens is 355 g/mol. The highest BCUT2D eigenvalue weighted by molar-refractivity contribution is 6.37. The fourth-order valence-electron chi connectivity index (χ4n) is 2.94. The standard InChI is InChI=1S/C17H18Cl2O5/c18-11-2-3-12(13(19)10-11)14-15(20)17(24-16(14)21)4-8-22-6-1-7-23-9-5-17/h2-3,10,20H,1,4-9H2. The third kappa shape index (κ3) is 3.40. The minimum atomic E-state index is -1.13. The van der Waals surface area contributed by atoms with Crippen LogP contribution in [0.2, 0.25) is 10.0 Å². The maximum absolute atomic E-state index is 12.4. The summed E-state index contributed by atoms with van der Waals surface area (Å²) in [6.45, 7) is 1.92. The molecule has 24 heavy (non-hydrogen) atoms. The van der Waals surface area contributed by atoms with Gasteiger partial charge in [0.25, 0.3) is 0 Å². The molecule has 0 aromatic heterocycles. The molecule has 5 nitrogen and oxygen atoms in total. The number of hydrogen-bond donors (Lipinski definition) is 1. The predicted octanol–water partition coefficient (Wildman–Crippen LogP) is 3.78.